The molecule has 0 atom stereocenters. The highest BCUT2D eigenvalue weighted by Gasteiger charge is 2.30. The molecule has 0 N–H and O–H groups in total. The van der Waals surface area contributed by atoms with Crippen molar-refractivity contribution < 1.29 is 28.5 Å². The molecule has 0 amide bonds. The van der Waals surface area contributed by atoms with Gasteiger partial charge in [-0.3, -0.25) is 19.7 Å². The van der Waals surface area contributed by atoms with E-state index in [9.17, 15) is 19.7 Å². The fraction of sp³-hybridized carbons (Fsp3) is 0.136. The third-order valence-electron chi connectivity index (χ3n) is 4.77. The van der Waals surface area contributed by atoms with Gasteiger partial charge in [-0.2, -0.15) is 0 Å². The van der Waals surface area contributed by atoms with E-state index < -0.39 is 10.9 Å². The number of ether oxygens (including phenoxy) is 2. The SMILES string of the molecule is Cc1c(OC(=O)CCc2cc(Cl)no2)ccc2c1O/C(=C\c1ccc([N+](=O)[O-])cc1)C2=O. The minimum atomic E-state index is -0.503. The van der Waals surface area contributed by atoms with Gasteiger partial charge in [0.2, 0.25) is 5.78 Å². The Morgan fingerprint density at radius 1 is 1.25 bits per heavy atom. The van der Waals surface area contributed by atoms with Gasteiger partial charge in [0.15, 0.2) is 10.9 Å². The summed E-state index contributed by atoms with van der Waals surface area (Å²) >= 11 is 5.68. The van der Waals surface area contributed by atoms with Gasteiger partial charge in [0.05, 0.1) is 16.9 Å². The molecule has 162 valence electrons. The van der Waals surface area contributed by atoms with Crippen LogP contribution in [0.25, 0.3) is 6.08 Å². The summed E-state index contributed by atoms with van der Waals surface area (Å²) in [6.45, 7) is 1.68. The summed E-state index contributed by atoms with van der Waals surface area (Å²) in [5.74, 6) is 0.285. The molecule has 0 unspecified atom stereocenters. The number of nitro groups is 1. The van der Waals surface area contributed by atoms with E-state index in [1.807, 2.05) is 0 Å². The minimum absolute atomic E-state index is 0.0487. The molecule has 3 aromatic rings. The highest BCUT2D eigenvalue weighted by Crippen LogP contribution is 2.39. The third kappa shape index (κ3) is 4.37. The largest absolute Gasteiger partial charge is 0.452 e. The molecule has 0 saturated carbocycles. The molecule has 0 bridgehead atoms. The average Bonchev–Trinajstić information content (AvgIpc) is 3.32. The molecule has 0 fully saturated rings. The van der Waals surface area contributed by atoms with Crippen LogP contribution in [0.15, 0.2) is 52.7 Å². The van der Waals surface area contributed by atoms with E-state index in [0.29, 0.717) is 28.2 Å². The zero-order valence-corrected chi connectivity index (χ0v) is 17.4. The van der Waals surface area contributed by atoms with E-state index in [4.69, 9.17) is 25.6 Å². The Morgan fingerprint density at radius 3 is 2.66 bits per heavy atom. The highest BCUT2D eigenvalue weighted by molar-refractivity contribution is 6.29. The molecule has 2 aromatic carbocycles. The summed E-state index contributed by atoms with van der Waals surface area (Å²) in [7, 11) is 0. The van der Waals surface area contributed by atoms with Crippen LogP contribution < -0.4 is 9.47 Å². The number of carbonyl (C=O) groups is 2. The Kier molecular flexibility index (Phi) is 5.74. The Bertz CT molecular complexity index is 1260. The first-order valence-electron chi connectivity index (χ1n) is 9.46. The van der Waals surface area contributed by atoms with Crippen molar-refractivity contribution >= 4 is 35.1 Å². The number of fused-ring (bicyclic) bond motifs is 1. The molecule has 10 heteroatoms. The number of esters is 1. The van der Waals surface area contributed by atoms with Crippen molar-refractivity contribution in [3.63, 3.8) is 0 Å². The van der Waals surface area contributed by atoms with Crippen LogP contribution in [0.5, 0.6) is 11.5 Å². The lowest BCUT2D eigenvalue weighted by atomic mass is 10.1. The second kappa shape index (κ2) is 8.64. The molecule has 1 aliphatic rings. The van der Waals surface area contributed by atoms with Crippen LogP contribution in [0.3, 0.4) is 0 Å². The average molecular weight is 455 g/mol. The Hall–Kier alpha value is -3.98. The molecule has 0 aliphatic carbocycles. The molecule has 1 aromatic heterocycles. The third-order valence-corrected chi connectivity index (χ3v) is 4.95. The molecule has 4 rings (SSSR count). The lowest BCUT2D eigenvalue weighted by Gasteiger charge is -2.09. The number of hydrogen-bond acceptors (Lipinski definition) is 8. The van der Waals surface area contributed by atoms with E-state index in [1.165, 1.54) is 48.5 Å². The van der Waals surface area contributed by atoms with Crippen molar-refractivity contribution in [2.24, 2.45) is 0 Å². The number of aromatic nitrogens is 1. The molecular weight excluding hydrogens is 440 g/mol. The van der Waals surface area contributed by atoms with Crippen molar-refractivity contribution in [2.75, 3.05) is 0 Å². The van der Waals surface area contributed by atoms with Crippen LogP contribution in [0.1, 0.15) is 33.7 Å². The van der Waals surface area contributed by atoms with Crippen LogP contribution in [0.2, 0.25) is 5.15 Å². The minimum Gasteiger partial charge on any atom is -0.452 e. The van der Waals surface area contributed by atoms with E-state index in [1.54, 1.807) is 6.92 Å². The number of halogens is 1. The predicted molar refractivity (Wildman–Crippen MR) is 113 cm³/mol. The monoisotopic (exact) mass is 454 g/mol. The zero-order valence-electron chi connectivity index (χ0n) is 16.7. The van der Waals surface area contributed by atoms with E-state index >= 15 is 0 Å². The predicted octanol–water partition coefficient (Wildman–Crippen LogP) is 4.70. The van der Waals surface area contributed by atoms with Gasteiger partial charge in [0, 0.05) is 30.2 Å². The van der Waals surface area contributed by atoms with Crippen molar-refractivity contribution in [2.45, 2.75) is 19.8 Å². The first kappa shape index (κ1) is 21.3. The summed E-state index contributed by atoms with van der Waals surface area (Å²) in [6, 6.07) is 10.3. The number of benzene rings is 2. The number of aryl methyl sites for hydroxylation is 1. The summed E-state index contributed by atoms with van der Waals surface area (Å²) in [6.07, 6.45) is 1.83. The summed E-state index contributed by atoms with van der Waals surface area (Å²) in [4.78, 5) is 35.2. The van der Waals surface area contributed by atoms with E-state index in [2.05, 4.69) is 5.16 Å². The first-order chi connectivity index (χ1) is 15.3. The van der Waals surface area contributed by atoms with Crippen molar-refractivity contribution in [3.8, 4) is 11.5 Å². The number of allylic oxidation sites excluding steroid dienone is 1. The molecule has 2 heterocycles. The Labute approximate surface area is 186 Å². The van der Waals surface area contributed by atoms with Gasteiger partial charge in [-0.1, -0.05) is 16.8 Å². The van der Waals surface area contributed by atoms with Crippen LogP contribution in [-0.4, -0.2) is 21.8 Å². The van der Waals surface area contributed by atoms with Crippen molar-refractivity contribution in [1.29, 1.82) is 0 Å². The number of non-ortho nitro benzene ring substituents is 1. The molecule has 0 spiro atoms. The number of rotatable bonds is 6. The first-order valence-corrected chi connectivity index (χ1v) is 9.83. The number of ketones is 1. The molecular formula is C22H15ClN2O7. The number of nitro benzene ring substituents is 1. The summed E-state index contributed by atoms with van der Waals surface area (Å²) in [5.41, 5.74) is 1.36. The molecule has 0 saturated heterocycles. The number of Topliss-reactive ketones (excluding diaryl/α,β-unsaturated/α-hetero) is 1. The highest BCUT2D eigenvalue weighted by atomic mass is 35.5. The van der Waals surface area contributed by atoms with Gasteiger partial charge < -0.3 is 14.0 Å². The lowest BCUT2D eigenvalue weighted by Crippen LogP contribution is -2.10. The Morgan fingerprint density at radius 2 is 2.00 bits per heavy atom. The van der Waals surface area contributed by atoms with Crippen molar-refractivity contribution in [1.82, 2.24) is 5.16 Å². The maximum Gasteiger partial charge on any atom is 0.311 e. The van der Waals surface area contributed by atoms with Crippen LogP contribution in [0, 0.1) is 17.0 Å². The topological polar surface area (TPSA) is 122 Å². The smallest absolute Gasteiger partial charge is 0.311 e. The van der Waals surface area contributed by atoms with Gasteiger partial charge in [-0.05, 0) is 42.8 Å². The van der Waals surface area contributed by atoms with E-state index in [-0.39, 0.29) is 41.0 Å². The maximum absolute atomic E-state index is 12.7. The van der Waals surface area contributed by atoms with Gasteiger partial charge in [-0.15, -0.1) is 0 Å². The molecule has 1 aliphatic heterocycles. The standard InChI is InChI=1S/C22H15ClN2O7/c1-12-17(30-20(26)9-6-15-11-19(23)24-32-15)8-7-16-21(27)18(31-22(12)16)10-13-2-4-14(5-3-13)25(28)29/h2-5,7-8,10-11H,6,9H2,1H3/b18-10-. The quantitative estimate of drug-likeness (QED) is 0.173. The number of carbonyl (C=O) groups excluding carboxylic acids is 2. The molecule has 9 nitrogen and oxygen atoms in total. The second-order valence-corrected chi connectivity index (χ2v) is 7.33. The zero-order chi connectivity index (χ0) is 22.8. The summed E-state index contributed by atoms with van der Waals surface area (Å²) in [5, 5.41) is 14.5. The Balaban J connectivity index is 1.48. The van der Waals surface area contributed by atoms with E-state index in [0.717, 1.165) is 0 Å². The van der Waals surface area contributed by atoms with Gasteiger partial charge in [0.1, 0.15) is 17.3 Å². The maximum atomic E-state index is 12.7. The fourth-order valence-corrected chi connectivity index (χ4v) is 3.28. The van der Waals surface area contributed by atoms with Crippen LogP contribution in [0.4, 0.5) is 5.69 Å². The number of nitrogens with zero attached hydrogens (tertiary/aromatic N) is 2. The second-order valence-electron chi connectivity index (χ2n) is 6.94. The van der Waals surface area contributed by atoms with Gasteiger partial charge in [0.25, 0.3) is 5.69 Å². The normalized spacial score (nSPS) is 13.7. The fourth-order valence-electron chi connectivity index (χ4n) is 3.13. The van der Waals surface area contributed by atoms with Gasteiger partial charge >= 0.3 is 5.97 Å². The van der Waals surface area contributed by atoms with Crippen LogP contribution >= 0.6 is 11.6 Å². The van der Waals surface area contributed by atoms with Crippen molar-refractivity contribution in [3.05, 3.63) is 85.9 Å². The molecule has 32 heavy (non-hydrogen) atoms. The lowest BCUT2D eigenvalue weighted by molar-refractivity contribution is -0.384. The van der Waals surface area contributed by atoms with Gasteiger partial charge in [-0.25, -0.2) is 0 Å². The molecule has 0 radical (unpaired) electrons. The number of hydrogen-bond donors (Lipinski definition) is 0. The summed E-state index contributed by atoms with van der Waals surface area (Å²) < 4.78 is 16.1. The van der Waals surface area contributed by atoms with Crippen LogP contribution in [-0.2, 0) is 11.2 Å².